The number of nitrogens with one attached hydrogen (secondary N) is 1. The molecule has 0 unspecified atom stereocenters. The van der Waals surface area contributed by atoms with E-state index in [0.29, 0.717) is 18.7 Å². The molecule has 0 heterocycles. The van der Waals surface area contributed by atoms with Crippen LogP contribution in [0.4, 0.5) is 5.69 Å². The maximum atomic E-state index is 6.11. The average molecular weight is 506 g/mol. The van der Waals surface area contributed by atoms with E-state index in [1.807, 2.05) is 24.3 Å². The molecule has 1 N–H and O–H groups in total. The number of rotatable bonds is 11. The van der Waals surface area contributed by atoms with Gasteiger partial charge in [0.2, 0.25) is 0 Å². The predicted octanol–water partition coefficient (Wildman–Crippen LogP) is 7.32. The van der Waals surface area contributed by atoms with E-state index in [1.165, 1.54) is 16.7 Å². The Balaban J connectivity index is 0.00000289. The van der Waals surface area contributed by atoms with E-state index in [-0.39, 0.29) is 24.8 Å². The second-order valence-electron chi connectivity index (χ2n) is 8.56. The van der Waals surface area contributed by atoms with Crippen LogP contribution in [0.1, 0.15) is 33.3 Å². The Morgan fingerprint density at radius 1 is 0.765 bits per heavy atom. The predicted molar refractivity (Wildman–Crippen MR) is 149 cm³/mol. The minimum absolute atomic E-state index is 0. The van der Waals surface area contributed by atoms with Crippen LogP contribution in [-0.4, -0.2) is 37.2 Å². The Labute approximate surface area is 217 Å². The van der Waals surface area contributed by atoms with Gasteiger partial charge in [-0.1, -0.05) is 54.6 Å². The van der Waals surface area contributed by atoms with E-state index in [1.54, 1.807) is 7.11 Å². The Kier molecular flexibility index (Phi) is 12.9. The maximum absolute atomic E-state index is 6.11. The molecule has 34 heavy (non-hydrogen) atoms. The zero-order valence-corrected chi connectivity index (χ0v) is 22.4. The number of methoxy groups -OCH3 is 1. The summed E-state index contributed by atoms with van der Waals surface area (Å²) in [7, 11) is 1.68. The zero-order chi connectivity index (χ0) is 22.9. The van der Waals surface area contributed by atoms with E-state index in [9.17, 15) is 0 Å². The molecule has 0 spiro atoms. The lowest BCUT2D eigenvalue weighted by molar-refractivity contribution is 0.140. The SMILES string of the molecule is COc1ccc(NCc2ccc(-c3ccccc3)cc2)cc1OCCN(C(C)C)C(C)C.Cl.Cl. The lowest BCUT2D eigenvalue weighted by Crippen LogP contribution is -2.39. The van der Waals surface area contributed by atoms with Gasteiger partial charge in [-0.05, 0) is 56.5 Å². The molecule has 3 aromatic carbocycles. The van der Waals surface area contributed by atoms with Crippen LogP contribution >= 0.6 is 24.8 Å². The second-order valence-corrected chi connectivity index (χ2v) is 8.56. The molecule has 0 saturated carbocycles. The van der Waals surface area contributed by atoms with Gasteiger partial charge in [-0.3, -0.25) is 4.90 Å². The van der Waals surface area contributed by atoms with Crippen molar-refractivity contribution < 1.29 is 9.47 Å². The largest absolute Gasteiger partial charge is 0.493 e. The topological polar surface area (TPSA) is 33.7 Å². The first kappa shape index (κ1) is 29.6. The van der Waals surface area contributed by atoms with Crippen molar-refractivity contribution in [2.45, 2.75) is 46.3 Å². The number of anilines is 1. The molecule has 186 valence electrons. The first-order valence-electron chi connectivity index (χ1n) is 11.4. The Morgan fingerprint density at radius 3 is 1.97 bits per heavy atom. The van der Waals surface area contributed by atoms with Crippen LogP contribution in [0.25, 0.3) is 11.1 Å². The van der Waals surface area contributed by atoms with Crippen LogP contribution < -0.4 is 14.8 Å². The summed E-state index contributed by atoms with van der Waals surface area (Å²) >= 11 is 0. The molecule has 0 aliphatic rings. The molecule has 0 bridgehead atoms. The monoisotopic (exact) mass is 504 g/mol. The molecule has 0 aliphatic heterocycles. The molecular formula is C28H38Cl2N2O2. The zero-order valence-electron chi connectivity index (χ0n) is 20.8. The van der Waals surface area contributed by atoms with Gasteiger partial charge in [-0.25, -0.2) is 0 Å². The molecule has 0 radical (unpaired) electrons. The normalized spacial score (nSPS) is 10.6. The smallest absolute Gasteiger partial charge is 0.163 e. The van der Waals surface area contributed by atoms with Gasteiger partial charge in [-0.15, -0.1) is 24.8 Å². The molecule has 0 aromatic heterocycles. The minimum atomic E-state index is 0. The Hall–Kier alpha value is -2.40. The molecular weight excluding hydrogens is 467 g/mol. The van der Waals surface area contributed by atoms with Gasteiger partial charge >= 0.3 is 0 Å². The molecule has 0 fully saturated rings. The van der Waals surface area contributed by atoms with Crippen molar-refractivity contribution in [3.8, 4) is 22.6 Å². The van der Waals surface area contributed by atoms with Gasteiger partial charge in [0.05, 0.1) is 7.11 Å². The third kappa shape index (κ3) is 8.43. The standard InChI is InChI=1S/C28H36N2O2.2ClH/c1-21(2)30(22(3)4)17-18-32-28-19-26(15-16-27(28)31-5)29-20-23-11-13-25(14-12-23)24-9-7-6-8-10-24;;/h6-16,19,21-22,29H,17-18,20H2,1-5H3;2*1H. The van der Waals surface area contributed by atoms with Crippen molar-refractivity contribution in [3.05, 3.63) is 78.4 Å². The highest BCUT2D eigenvalue weighted by Crippen LogP contribution is 2.30. The van der Waals surface area contributed by atoms with E-state index in [0.717, 1.165) is 30.3 Å². The fraction of sp³-hybridized carbons (Fsp3) is 0.357. The quantitative estimate of drug-likeness (QED) is 0.296. The summed E-state index contributed by atoms with van der Waals surface area (Å²) in [6.45, 7) is 11.1. The number of benzene rings is 3. The molecule has 0 atom stereocenters. The summed E-state index contributed by atoms with van der Waals surface area (Å²) in [5.41, 5.74) is 4.70. The minimum Gasteiger partial charge on any atom is -0.493 e. The van der Waals surface area contributed by atoms with Crippen molar-refractivity contribution in [2.75, 3.05) is 25.6 Å². The van der Waals surface area contributed by atoms with Crippen molar-refractivity contribution in [1.82, 2.24) is 4.90 Å². The molecule has 0 amide bonds. The molecule has 0 saturated heterocycles. The average Bonchev–Trinajstić information content (AvgIpc) is 2.81. The summed E-state index contributed by atoms with van der Waals surface area (Å²) in [6, 6.07) is 26.1. The van der Waals surface area contributed by atoms with Crippen molar-refractivity contribution >= 4 is 30.5 Å². The van der Waals surface area contributed by atoms with Gasteiger partial charge in [0.1, 0.15) is 6.61 Å². The first-order chi connectivity index (χ1) is 15.5. The summed E-state index contributed by atoms with van der Waals surface area (Å²) in [5, 5.41) is 3.50. The lowest BCUT2D eigenvalue weighted by atomic mass is 10.0. The number of hydrogen-bond donors (Lipinski definition) is 1. The van der Waals surface area contributed by atoms with Crippen molar-refractivity contribution in [3.63, 3.8) is 0 Å². The highest BCUT2D eigenvalue weighted by molar-refractivity contribution is 5.85. The molecule has 4 nitrogen and oxygen atoms in total. The molecule has 0 aliphatic carbocycles. The number of halogens is 2. The Bertz CT molecular complexity index is 956. The fourth-order valence-electron chi connectivity index (χ4n) is 3.92. The van der Waals surface area contributed by atoms with E-state index < -0.39 is 0 Å². The number of nitrogens with zero attached hydrogens (tertiary/aromatic N) is 1. The lowest BCUT2D eigenvalue weighted by Gasteiger charge is -2.30. The maximum Gasteiger partial charge on any atom is 0.163 e. The van der Waals surface area contributed by atoms with Gasteiger partial charge in [0.15, 0.2) is 11.5 Å². The van der Waals surface area contributed by atoms with Gasteiger partial charge in [-0.2, -0.15) is 0 Å². The molecule has 6 heteroatoms. The molecule has 3 aromatic rings. The molecule has 3 rings (SSSR count). The summed E-state index contributed by atoms with van der Waals surface area (Å²) in [4.78, 5) is 2.42. The summed E-state index contributed by atoms with van der Waals surface area (Å²) in [5.74, 6) is 1.52. The number of hydrogen-bond acceptors (Lipinski definition) is 4. The highest BCUT2D eigenvalue weighted by Gasteiger charge is 2.14. The highest BCUT2D eigenvalue weighted by atomic mass is 35.5. The summed E-state index contributed by atoms with van der Waals surface area (Å²) < 4.78 is 11.6. The van der Waals surface area contributed by atoms with E-state index >= 15 is 0 Å². The van der Waals surface area contributed by atoms with Crippen LogP contribution in [0.15, 0.2) is 72.8 Å². The van der Waals surface area contributed by atoms with Crippen LogP contribution in [-0.2, 0) is 6.54 Å². The van der Waals surface area contributed by atoms with Crippen molar-refractivity contribution in [2.24, 2.45) is 0 Å². The van der Waals surface area contributed by atoms with Crippen LogP contribution in [0.3, 0.4) is 0 Å². The summed E-state index contributed by atoms with van der Waals surface area (Å²) in [6.07, 6.45) is 0. The van der Waals surface area contributed by atoms with Crippen molar-refractivity contribution in [1.29, 1.82) is 0 Å². The van der Waals surface area contributed by atoms with Gasteiger partial charge in [0.25, 0.3) is 0 Å². The Morgan fingerprint density at radius 2 is 1.38 bits per heavy atom. The third-order valence-electron chi connectivity index (χ3n) is 5.65. The van der Waals surface area contributed by atoms with Crippen LogP contribution in [0, 0.1) is 0 Å². The van der Waals surface area contributed by atoms with E-state index in [4.69, 9.17) is 9.47 Å². The van der Waals surface area contributed by atoms with E-state index in [2.05, 4.69) is 86.4 Å². The second kappa shape index (κ2) is 14.8. The third-order valence-corrected chi connectivity index (χ3v) is 5.65. The van der Waals surface area contributed by atoms with Crippen LogP contribution in [0.5, 0.6) is 11.5 Å². The van der Waals surface area contributed by atoms with Gasteiger partial charge < -0.3 is 14.8 Å². The number of ether oxygens (including phenoxy) is 2. The fourth-order valence-corrected chi connectivity index (χ4v) is 3.92. The van der Waals surface area contributed by atoms with Gasteiger partial charge in [0, 0.05) is 36.9 Å². The first-order valence-corrected chi connectivity index (χ1v) is 11.4. The van der Waals surface area contributed by atoms with Crippen LogP contribution in [0.2, 0.25) is 0 Å².